The van der Waals surface area contributed by atoms with Crippen molar-refractivity contribution in [3.05, 3.63) is 89.5 Å². The number of nitrogens with zero attached hydrogens (tertiary/aromatic N) is 2. The first kappa shape index (κ1) is 29.7. The van der Waals surface area contributed by atoms with E-state index in [-0.39, 0.29) is 17.3 Å². The number of anilines is 1. The maximum Gasteiger partial charge on any atom is 0.264 e. The Kier molecular flexibility index (Phi) is 10.1. The molecule has 8 nitrogen and oxygen atoms in total. The highest BCUT2D eigenvalue weighted by molar-refractivity contribution is 7.92. The number of ether oxygens (including phenoxy) is 1. The summed E-state index contributed by atoms with van der Waals surface area (Å²) in [5.41, 5.74) is 3.13. The van der Waals surface area contributed by atoms with Crippen LogP contribution in [0.5, 0.6) is 5.75 Å². The van der Waals surface area contributed by atoms with Crippen LogP contribution in [0.25, 0.3) is 0 Å². The quantitative estimate of drug-likeness (QED) is 0.359. The Balaban J connectivity index is 2.01. The molecule has 0 radical (unpaired) electrons. The molecule has 3 aromatic carbocycles. The van der Waals surface area contributed by atoms with Crippen LogP contribution in [0.4, 0.5) is 5.69 Å². The number of carbonyl (C=O) groups is 2. The average molecular weight is 552 g/mol. The fraction of sp³-hybridized carbons (Fsp3) is 0.333. The molecule has 208 valence electrons. The van der Waals surface area contributed by atoms with Crippen LogP contribution in [0, 0.1) is 13.8 Å². The molecule has 0 aliphatic carbocycles. The van der Waals surface area contributed by atoms with Gasteiger partial charge in [-0.15, -0.1) is 0 Å². The van der Waals surface area contributed by atoms with Gasteiger partial charge in [-0.05, 0) is 69.2 Å². The Hall–Kier alpha value is -3.85. The number of aryl methyl sites for hydroxylation is 2. The summed E-state index contributed by atoms with van der Waals surface area (Å²) in [5.74, 6) is -0.240. The van der Waals surface area contributed by atoms with E-state index in [4.69, 9.17) is 4.74 Å². The molecule has 0 aromatic heterocycles. The first-order chi connectivity index (χ1) is 18.6. The largest absolute Gasteiger partial charge is 0.497 e. The molecule has 2 amide bonds. The average Bonchev–Trinajstić information content (AvgIpc) is 2.94. The zero-order valence-electron chi connectivity index (χ0n) is 23.2. The third-order valence-corrected chi connectivity index (χ3v) is 8.23. The summed E-state index contributed by atoms with van der Waals surface area (Å²) < 4.78 is 34.0. The van der Waals surface area contributed by atoms with Gasteiger partial charge in [0.2, 0.25) is 11.8 Å². The Morgan fingerprint density at radius 2 is 1.46 bits per heavy atom. The van der Waals surface area contributed by atoms with Crippen molar-refractivity contribution in [3.8, 4) is 5.75 Å². The van der Waals surface area contributed by atoms with Crippen LogP contribution in [-0.2, 0) is 26.2 Å². The molecule has 0 aliphatic rings. The SMILES string of the molecule is CCCNC(=O)[C@@H](C)N(Cc1ccc(C)cc1)C(=O)CN(c1ccc(OC)cc1)S(=O)(=O)c1ccc(C)cc1. The lowest BCUT2D eigenvalue weighted by atomic mass is 10.1. The summed E-state index contributed by atoms with van der Waals surface area (Å²) in [6, 6.07) is 19.8. The number of hydrogen-bond donors (Lipinski definition) is 1. The monoisotopic (exact) mass is 551 g/mol. The number of amides is 2. The van der Waals surface area contributed by atoms with Gasteiger partial charge < -0.3 is 15.0 Å². The van der Waals surface area contributed by atoms with Crippen LogP contribution >= 0.6 is 0 Å². The summed E-state index contributed by atoms with van der Waals surface area (Å²) in [7, 11) is -2.59. The van der Waals surface area contributed by atoms with Crippen molar-refractivity contribution in [1.29, 1.82) is 0 Å². The summed E-state index contributed by atoms with van der Waals surface area (Å²) in [4.78, 5) is 28.3. The van der Waals surface area contributed by atoms with E-state index in [1.54, 1.807) is 43.3 Å². The summed E-state index contributed by atoms with van der Waals surface area (Å²) in [5, 5.41) is 2.84. The Bertz CT molecular complexity index is 1360. The molecule has 1 N–H and O–H groups in total. The number of hydrogen-bond acceptors (Lipinski definition) is 5. The molecule has 0 saturated heterocycles. The zero-order valence-corrected chi connectivity index (χ0v) is 24.0. The summed E-state index contributed by atoms with van der Waals surface area (Å²) in [6.45, 7) is 7.59. The Morgan fingerprint density at radius 3 is 2.00 bits per heavy atom. The van der Waals surface area contributed by atoms with Crippen molar-refractivity contribution in [3.63, 3.8) is 0 Å². The fourth-order valence-corrected chi connectivity index (χ4v) is 5.40. The second-order valence-electron chi connectivity index (χ2n) is 9.50. The molecule has 0 saturated carbocycles. The van der Waals surface area contributed by atoms with Crippen LogP contribution in [0.1, 0.15) is 37.0 Å². The Morgan fingerprint density at radius 1 is 0.897 bits per heavy atom. The number of carbonyl (C=O) groups excluding carboxylic acids is 2. The molecule has 0 spiro atoms. The number of rotatable bonds is 12. The van der Waals surface area contributed by atoms with Crippen molar-refractivity contribution < 1.29 is 22.7 Å². The van der Waals surface area contributed by atoms with Gasteiger partial charge in [0.15, 0.2) is 0 Å². The standard InChI is InChI=1S/C30H37N3O5S/c1-6-19-31-30(35)24(4)32(20-25-11-7-22(2)8-12-25)29(34)21-33(26-13-15-27(38-5)16-14-26)39(36,37)28-17-9-23(3)10-18-28/h7-18,24H,6,19-21H2,1-5H3,(H,31,35)/t24-/m1/s1. The van der Waals surface area contributed by atoms with Crippen LogP contribution in [0.2, 0.25) is 0 Å². The van der Waals surface area contributed by atoms with Crippen LogP contribution in [-0.4, -0.2) is 51.4 Å². The van der Waals surface area contributed by atoms with Gasteiger partial charge >= 0.3 is 0 Å². The number of nitrogens with one attached hydrogen (secondary N) is 1. The van der Waals surface area contributed by atoms with Crippen LogP contribution in [0.15, 0.2) is 77.7 Å². The minimum atomic E-state index is -4.11. The van der Waals surface area contributed by atoms with Gasteiger partial charge in [-0.2, -0.15) is 0 Å². The molecule has 0 unspecified atom stereocenters. The predicted octanol–water partition coefficient (Wildman–Crippen LogP) is 4.45. The van der Waals surface area contributed by atoms with Crippen molar-refractivity contribution in [2.24, 2.45) is 0 Å². The lowest BCUT2D eigenvalue weighted by Gasteiger charge is -2.32. The fourth-order valence-electron chi connectivity index (χ4n) is 3.98. The third kappa shape index (κ3) is 7.60. The minimum absolute atomic E-state index is 0.0653. The van der Waals surface area contributed by atoms with E-state index in [1.807, 2.05) is 45.0 Å². The number of sulfonamides is 1. The van der Waals surface area contributed by atoms with Gasteiger partial charge in [0.1, 0.15) is 18.3 Å². The topological polar surface area (TPSA) is 96.0 Å². The summed E-state index contributed by atoms with van der Waals surface area (Å²) >= 11 is 0. The third-order valence-electron chi connectivity index (χ3n) is 6.44. The van der Waals surface area contributed by atoms with Crippen LogP contribution < -0.4 is 14.4 Å². The lowest BCUT2D eigenvalue weighted by molar-refractivity contribution is -0.139. The second kappa shape index (κ2) is 13.3. The molecule has 39 heavy (non-hydrogen) atoms. The highest BCUT2D eigenvalue weighted by atomic mass is 32.2. The first-order valence-electron chi connectivity index (χ1n) is 12.9. The van der Waals surface area contributed by atoms with E-state index in [9.17, 15) is 18.0 Å². The van der Waals surface area contributed by atoms with E-state index in [2.05, 4.69) is 5.32 Å². The van der Waals surface area contributed by atoms with Crippen LogP contribution in [0.3, 0.4) is 0 Å². The Labute approximate surface area is 231 Å². The maximum absolute atomic E-state index is 13.9. The molecular weight excluding hydrogens is 514 g/mol. The van der Waals surface area contributed by atoms with Crippen molar-refractivity contribution in [1.82, 2.24) is 10.2 Å². The normalized spacial score (nSPS) is 11.9. The van der Waals surface area contributed by atoms with Gasteiger partial charge in [-0.1, -0.05) is 54.4 Å². The summed E-state index contributed by atoms with van der Waals surface area (Å²) in [6.07, 6.45) is 0.754. The molecule has 0 aliphatic heterocycles. The van der Waals surface area contributed by atoms with E-state index >= 15 is 0 Å². The molecule has 3 aromatic rings. The lowest BCUT2D eigenvalue weighted by Crippen LogP contribution is -2.51. The minimum Gasteiger partial charge on any atom is -0.497 e. The molecular formula is C30H37N3O5S. The molecule has 9 heteroatoms. The van der Waals surface area contributed by atoms with E-state index < -0.39 is 28.5 Å². The van der Waals surface area contributed by atoms with Gasteiger partial charge in [0.25, 0.3) is 10.0 Å². The van der Waals surface area contributed by atoms with Gasteiger partial charge in [0.05, 0.1) is 17.7 Å². The first-order valence-corrected chi connectivity index (χ1v) is 14.4. The molecule has 0 bridgehead atoms. The smallest absolute Gasteiger partial charge is 0.264 e. The highest BCUT2D eigenvalue weighted by Crippen LogP contribution is 2.27. The van der Waals surface area contributed by atoms with Gasteiger partial charge in [-0.3, -0.25) is 13.9 Å². The van der Waals surface area contributed by atoms with E-state index in [0.29, 0.717) is 18.0 Å². The maximum atomic E-state index is 13.9. The van der Waals surface area contributed by atoms with Crippen molar-refractivity contribution >= 4 is 27.5 Å². The molecule has 0 fully saturated rings. The van der Waals surface area contributed by atoms with E-state index in [0.717, 1.165) is 27.4 Å². The van der Waals surface area contributed by atoms with Gasteiger partial charge in [-0.25, -0.2) is 8.42 Å². The molecule has 0 heterocycles. The second-order valence-corrected chi connectivity index (χ2v) is 11.4. The predicted molar refractivity (Wildman–Crippen MR) is 153 cm³/mol. The van der Waals surface area contributed by atoms with E-state index in [1.165, 1.54) is 24.1 Å². The molecule has 3 rings (SSSR count). The van der Waals surface area contributed by atoms with Crippen molar-refractivity contribution in [2.45, 2.75) is 51.6 Å². The zero-order chi connectivity index (χ0) is 28.6. The van der Waals surface area contributed by atoms with Crippen molar-refractivity contribution in [2.75, 3.05) is 24.5 Å². The molecule has 1 atom stereocenters. The highest BCUT2D eigenvalue weighted by Gasteiger charge is 2.32. The van der Waals surface area contributed by atoms with Gasteiger partial charge in [0, 0.05) is 13.1 Å². The number of methoxy groups -OCH3 is 1. The number of benzene rings is 3.